The Kier molecular flexibility index (Phi) is 62.8. The van der Waals surface area contributed by atoms with Gasteiger partial charge in [0, 0.05) is 12.8 Å². The topological polar surface area (TPSA) is 72.8 Å². The van der Waals surface area contributed by atoms with Crippen molar-refractivity contribution in [1.82, 2.24) is 0 Å². The fraction of sp³-hybridized carbons (Fsp3) is 0.826. The van der Waals surface area contributed by atoms with Crippen LogP contribution in [0.3, 0.4) is 0 Å². The first kappa shape index (κ1) is 71.6. The SMILES string of the molecule is CC/C=C\C/C=C\C/C=C\C/C=C\CCCCCCCCCCCCCCC(=O)OC(CO)COC(=O)CCCCCCCCCCCCCCCCCCCCCCCCC/C=C\CCCCCCCCCC. The second-order valence-corrected chi connectivity index (χ2v) is 22.2. The minimum Gasteiger partial charge on any atom is -0.462 e. The first-order chi connectivity index (χ1) is 36.6. The molecule has 432 valence electrons. The van der Waals surface area contributed by atoms with Gasteiger partial charge in [0.05, 0.1) is 6.61 Å². The number of carbonyl (C=O) groups is 2. The van der Waals surface area contributed by atoms with Crippen LogP contribution in [0, 0.1) is 0 Å². The van der Waals surface area contributed by atoms with Crippen LogP contribution in [0.2, 0.25) is 0 Å². The molecule has 0 aromatic carbocycles. The third-order valence-corrected chi connectivity index (χ3v) is 14.8. The molecule has 0 bridgehead atoms. The Bertz CT molecular complexity index is 1260. The Morgan fingerprint density at radius 2 is 0.581 bits per heavy atom. The highest BCUT2D eigenvalue weighted by molar-refractivity contribution is 5.70. The lowest BCUT2D eigenvalue weighted by atomic mass is 10.0. The fourth-order valence-electron chi connectivity index (χ4n) is 9.90. The molecule has 0 fully saturated rings. The fourth-order valence-corrected chi connectivity index (χ4v) is 9.90. The third kappa shape index (κ3) is 62.1. The average Bonchev–Trinajstić information content (AvgIpc) is 3.40. The zero-order chi connectivity index (χ0) is 53.4. The Labute approximate surface area is 461 Å². The van der Waals surface area contributed by atoms with Gasteiger partial charge in [-0.15, -0.1) is 0 Å². The van der Waals surface area contributed by atoms with E-state index in [1.807, 2.05) is 0 Å². The van der Waals surface area contributed by atoms with E-state index in [-0.39, 0.29) is 25.2 Å². The maximum atomic E-state index is 12.3. The molecule has 1 unspecified atom stereocenters. The maximum Gasteiger partial charge on any atom is 0.306 e. The van der Waals surface area contributed by atoms with Crippen LogP contribution in [0.25, 0.3) is 0 Å². The van der Waals surface area contributed by atoms with Crippen LogP contribution >= 0.6 is 0 Å². The molecular formula is C69H126O5. The summed E-state index contributed by atoms with van der Waals surface area (Å²) in [5.41, 5.74) is 0. The van der Waals surface area contributed by atoms with E-state index in [4.69, 9.17) is 9.47 Å². The molecule has 0 amide bonds. The highest BCUT2D eigenvalue weighted by atomic mass is 16.6. The molecule has 1 N–H and O–H groups in total. The molecule has 0 radical (unpaired) electrons. The second kappa shape index (κ2) is 64.9. The smallest absolute Gasteiger partial charge is 0.306 e. The van der Waals surface area contributed by atoms with Gasteiger partial charge in [0.1, 0.15) is 6.61 Å². The number of rotatable bonds is 61. The van der Waals surface area contributed by atoms with Crippen LogP contribution in [0.4, 0.5) is 0 Å². The third-order valence-electron chi connectivity index (χ3n) is 14.8. The maximum absolute atomic E-state index is 12.3. The summed E-state index contributed by atoms with van der Waals surface area (Å²) in [7, 11) is 0. The van der Waals surface area contributed by atoms with Crippen LogP contribution in [-0.4, -0.2) is 36.4 Å². The molecule has 5 nitrogen and oxygen atoms in total. The molecule has 1 atom stereocenters. The van der Waals surface area contributed by atoms with Crippen molar-refractivity contribution in [3.8, 4) is 0 Å². The van der Waals surface area contributed by atoms with Crippen molar-refractivity contribution in [2.75, 3.05) is 13.2 Å². The van der Waals surface area contributed by atoms with Gasteiger partial charge in [-0.2, -0.15) is 0 Å². The summed E-state index contributed by atoms with van der Waals surface area (Å²) in [6, 6.07) is 0. The van der Waals surface area contributed by atoms with Gasteiger partial charge >= 0.3 is 11.9 Å². The van der Waals surface area contributed by atoms with Crippen molar-refractivity contribution < 1.29 is 24.2 Å². The summed E-state index contributed by atoms with van der Waals surface area (Å²) in [5, 5.41) is 9.68. The first-order valence-corrected chi connectivity index (χ1v) is 32.8. The Balaban J connectivity index is 3.41. The number of hydrogen-bond acceptors (Lipinski definition) is 5. The molecule has 0 aromatic heterocycles. The monoisotopic (exact) mass is 1030 g/mol. The van der Waals surface area contributed by atoms with E-state index in [0.717, 1.165) is 64.2 Å². The van der Waals surface area contributed by atoms with Crippen LogP contribution < -0.4 is 0 Å². The summed E-state index contributed by atoms with van der Waals surface area (Å²) in [6.45, 7) is 4.07. The zero-order valence-corrected chi connectivity index (χ0v) is 49.6. The summed E-state index contributed by atoms with van der Waals surface area (Å²) in [4.78, 5) is 24.6. The van der Waals surface area contributed by atoms with Gasteiger partial charge in [0.2, 0.25) is 0 Å². The lowest BCUT2D eigenvalue weighted by Gasteiger charge is -2.15. The van der Waals surface area contributed by atoms with Gasteiger partial charge in [-0.3, -0.25) is 9.59 Å². The quantitative estimate of drug-likeness (QED) is 0.0373. The summed E-state index contributed by atoms with van der Waals surface area (Å²) >= 11 is 0. The highest BCUT2D eigenvalue weighted by Crippen LogP contribution is 2.18. The van der Waals surface area contributed by atoms with Crippen molar-refractivity contribution in [3.05, 3.63) is 60.8 Å². The minimum atomic E-state index is -0.774. The number of esters is 2. The molecule has 0 spiro atoms. The highest BCUT2D eigenvalue weighted by Gasteiger charge is 2.16. The predicted octanol–water partition coefficient (Wildman–Crippen LogP) is 22.5. The van der Waals surface area contributed by atoms with E-state index in [1.165, 1.54) is 257 Å². The lowest BCUT2D eigenvalue weighted by Crippen LogP contribution is -2.28. The molecule has 74 heavy (non-hydrogen) atoms. The van der Waals surface area contributed by atoms with Crippen molar-refractivity contribution in [2.45, 2.75) is 354 Å². The van der Waals surface area contributed by atoms with Crippen LogP contribution in [0.1, 0.15) is 348 Å². The van der Waals surface area contributed by atoms with Crippen LogP contribution in [0.15, 0.2) is 60.8 Å². The van der Waals surface area contributed by atoms with Gasteiger partial charge in [-0.25, -0.2) is 0 Å². The predicted molar refractivity (Wildman–Crippen MR) is 325 cm³/mol. The Hall–Kier alpha value is -2.40. The molecule has 0 heterocycles. The lowest BCUT2D eigenvalue weighted by molar-refractivity contribution is -0.161. The number of unbranched alkanes of at least 4 members (excludes halogenated alkanes) is 43. The van der Waals surface area contributed by atoms with Gasteiger partial charge in [0.25, 0.3) is 0 Å². The number of aliphatic hydroxyl groups excluding tert-OH is 1. The van der Waals surface area contributed by atoms with E-state index in [0.29, 0.717) is 12.8 Å². The molecule has 0 aliphatic heterocycles. The van der Waals surface area contributed by atoms with Crippen molar-refractivity contribution in [1.29, 1.82) is 0 Å². The van der Waals surface area contributed by atoms with Gasteiger partial charge in [-0.1, -0.05) is 319 Å². The molecule has 0 aromatic rings. The second-order valence-electron chi connectivity index (χ2n) is 22.2. The number of carbonyl (C=O) groups excluding carboxylic acids is 2. The van der Waals surface area contributed by atoms with Crippen LogP contribution in [0.5, 0.6) is 0 Å². The molecular weight excluding hydrogens is 909 g/mol. The molecule has 0 saturated carbocycles. The average molecular weight is 1040 g/mol. The van der Waals surface area contributed by atoms with Gasteiger partial charge < -0.3 is 14.6 Å². The van der Waals surface area contributed by atoms with Crippen LogP contribution in [-0.2, 0) is 19.1 Å². The number of ether oxygens (including phenoxy) is 2. The first-order valence-electron chi connectivity index (χ1n) is 32.8. The number of aliphatic hydroxyl groups is 1. The van der Waals surface area contributed by atoms with E-state index in [1.54, 1.807) is 0 Å². The molecule has 5 heteroatoms. The number of allylic oxidation sites excluding steroid dienone is 10. The van der Waals surface area contributed by atoms with Gasteiger partial charge in [0.15, 0.2) is 6.10 Å². The van der Waals surface area contributed by atoms with E-state index in [9.17, 15) is 14.7 Å². The summed E-state index contributed by atoms with van der Waals surface area (Å²) in [5.74, 6) is -0.577. The molecule has 0 aliphatic carbocycles. The summed E-state index contributed by atoms with van der Waals surface area (Å²) in [6.07, 6.45) is 88.1. The standard InChI is InChI=1S/C69H126O5/c1-3-5-7-9-11-13-15-17-19-21-23-25-27-29-30-31-32-33-34-35-36-37-38-40-41-43-45-47-49-51-53-55-57-59-61-63-68(71)73-66-67(65-70)74-69(72)64-62-60-58-56-54-52-50-48-46-44-42-39-28-26-24-22-20-18-16-14-12-10-8-6-4-2/h6,8,12,14,18,20-21,23-24,26,67,70H,3-5,7,9-11,13,15-17,19,22,25,27-66H2,1-2H3/b8-6-,14-12-,20-18-,23-21-,26-24-. The molecule has 0 saturated heterocycles. The zero-order valence-electron chi connectivity index (χ0n) is 49.6. The minimum absolute atomic E-state index is 0.0639. The Morgan fingerprint density at radius 1 is 0.324 bits per heavy atom. The number of hydrogen-bond donors (Lipinski definition) is 1. The van der Waals surface area contributed by atoms with E-state index < -0.39 is 6.10 Å². The molecule has 0 rings (SSSR count). The van der Waals surface area contributed by atoms with Crippen molar-refractivity contribution in [3.63, 3.8) is 0 Å². The summed E-state index contributed by atoms with van der Waals surface area (Å²) < 4.78 is 10.7. The Morgan fingerprint density at radius 3 is 0.892 bits per heavy atom. The molecule has 0 aliphatic rings. The van der Waals surface area contributed by atoms with Crippen molar-refractivity contribution >= 4 is 11.9 Å². The normalized spacial score (nSPS) is 12.5. The largest absolute Gasteiger partial charge is 0.462 e. The van der Waals surface area contributed by atoms with Crippen molar-refractivity contribution in [2.24, 2.45) is 0 Å². The van der Waals surface area contributed by atoms with E-state index >= 15 is 0 Å². The van der Waals surface area contributed by atoms with E-state index in [2.05, 4.69) is 74.6 Å². The van der Waals surface area contributed by atoms with Gasteiger partial charge in [-0.05, 0) is 77.0 Å².